The molecule has 2 amide bonds. The van der Waals surface area contributed by atoms with Crippen LogP contribution >= 0.6 is 0 Å². The fourth-order valence-corrected chi connectivity index (χ4v) is 2.85. The van der Waals surface area contributed by atoms with E-state index in [0.717, 1.165) is 49.2 Å². The van der Waals surface area contributed by atoms with E-state index >= 15 is 0 Å². The highest BCUT2D eigenvalue weighted by Crippen LogP contribution is 2.36. The van der Waals surface area contributed by atoms with Gasteiger partial charge in [0.25, 0.3) is 0 Å². The Kier molecular flexibility index (Phi) is 4.43. The predicted molar refractivity (Wildman–Crippen MR) is 85.0 cm³/mol. The molecule has 1 fully saturated rings. The van der Waals surface area contributed by atoms with Crippen LogP contribution < -0.4 is 10.2 Å². The molecular formula is C17H22N2O3. The Hall–Kier alpha value is -1.88. The van der Waals surface area contributed by atoms with Gasteiger partial charge in [0.1, 0.15) is 6.61 Å². The monoisotopic (exact) mass is 302 g/mol. The van der Waals surface area contributed by atoms with Gasteiger partial charge in [-0.25, -0.2) is 0 Å². The lowest BCUT2D eigenvalue weighted by atomic mass is 10.0. The minimum absolute atomic E-state index is 0.0693. The van der Waals surface area contributed by atoms with Gasteiger partial charge in [-0.05, 0) is 56.4 Å². The molecule has 1 aliphatic carbocycles. The number of amides is 2. The third kappa shape index (κ3) is 3.30. The highest BCUT2D eigenvalue weighted by Gasteiger charge is 2.35. The summed E-state index contributed by atoms with van der Waals surface area (Å²) in [6.45, 7) is 3.26. The predicted octanol–water partition coefficient (Wildman–Crippen LogP) is 2.35. The van der Waals surface area contributed by atoms with Gasteiger partial charge in [0, 0.05) is 30.4 Å². The first-order chi connectivity index (χ1) is 10.7. The Bertz CT molecular complexity index is 581. The summed E-state index contributed by atoms with van der Waals surface area (Å²) in [5.41, 5.74) is 2.91. The smallest absolute Gasteiger partial charge is 0.250 e. The molecule has 1 saturated carbocycles. The molecule has 1 aliphatic heterocycles. The van der Waals surface area contributed by atoms with E-state index in [0.29, 0.717) is 6.61 Å². The number of hydrogen-bond acceptors (Lipinski definition) is 3. The van der Waals surface area contributed by atoms with Crippen molar-refractivity contribution in [2.45, 2.75) is 32.6 Å². The first-order valence-electron chi connectivity index (χ1n) is 8.01. The fraction of sp³-hybridized carbons (Fsp3) is 0.529. The van der Waals surface area contributed by atoms with Crippen LogP contribution in [0.1, 0.15) is 31.7 Å². The maximum absolute atomic E-state index is 12.3. The van der Waals surface area contributed by atoms with Crippen LogP contribution in [0.25, 0.3) is 0 Å². The van der Waals surface area contributed by atoms with Gasteiger partial charge in [-0.3, -0.25) is 9.59 Å². The summed E-state index contributed by atoms with van der Waals surface area (Å²) >= 11 is 0. The number of fused-ring (bicyclic) bond motifs is 1. The summed E-state index contributed by atoms with van der Waals surface area (Å²) in [5, 5.41) is 2.84. The first kappa shape index (κ1) is 15.0. The summed E-state index contributed by atoms with van der Waals surface area (Å²) in [5.74, 6) is 0.342. The number of ether oxygens (including phenoxy) is 1. The van der Waals surface area contributed by atoms with Crippen LogP contribution in [-0.2, 0) is 20.7 Å². The third-order valence-electron chi connectivity index (χ3n) is 4.11. The molecule has 118 valence electrons. The van der Waals surface area contributed by atoms with Crippen molar-refractivity contribution in [1.29, 1.82) is 0 Å². The fourth-order valence-electron chi connectivity index (χ4n) is 2.85. The summed E-state index contributed by atoms with van der Waals surface area (Å²) in [7, 11) is 0. The van der Waals surface area contributed by atoms with Gasteiger partial charge in [-0.15, -0.1) is 0 Å². The van der Waals surface area contributed by atoms with Crippen LogP contribution in [0.15, 0.2) is 18.2 Å². The molecule has 1 N–H and O–H groups in total. The largest absolute Gasteiger partial charge is 0.372 e. The van der Waals surface area contributed by atoms with Gasteiger partial charge in [-0.2, -0.15) is 0 Å². The molecule has 1 aromatic rings. The van der Waals surface area contributed by atoms with Gasteiger partial charge in [0.05, 0.1) is 0 Å². The standard InChI is InChI=1S/C17H22N2O3/c1-2-22-11-16(20)18-14-7-8-15-13(10-14)4-3-9-19(15)17(21)12-5-6-12/h7-8,10,12H,2-6,9,11H2,1H3,(H,18,20). The van der Waals surface area contributed by atoms with E-state index in [2.05, 4.69) is 5.32 Å². The molecule has 2 aliphatic rings. The van der Waals surface area contributed by atoms with E-state index in [1.165, 1.54) is 0 Å². The Morgan fingerprint density at radius 2 is 2.18 bits per heavy atom. The SMILES string of the molecule is CCOCC(=O)Nc1ccc2c(c1)CCCN2C(=O)C1CC1. The highest BCUT2D eigenvalue weighted by atomic mass is 16.5. The first-order valence-corrected chi connectivity index (χ1v) is 8.01. The Morgan fingerprint density at radius 1 is 1.36 bits per heavy atom. The van der Waals surface area contributed by atoms with Crippen molar-refractivity contribution in [3.8, 4) is 0 Å². The van der Waals surface area contributed by atoms with Gasteiger partial charge >= 0.3 is 0 Å². The number of anilines is 2. The van der Waals surface area contributed by atoms with Gasteiger partial charge in [0.2, 0.25) is 11.8 Å². The Morgan fingerprint density at radius 3 is 2.91 bits per heavy atom. The number of hydrogen-bond donors (Lipinski definition) is 1. The van der Waals surface area contributed by atoms with E-state index in [4.69, 9.17) is 4.74 Å². The zero-order valence-corrected chi connectivity index (χ0v) is 12.9. The van der Waals surface area contributed by atoms with Crippen molar-refractivity contribution in [3.05, 3.63) is 23.8 Å². The molecule has 0 atom stereocenters. The number of carbonyl (C=O) groups excluding carboxylic acids is 2. The van der Waals surface area contributed by atoms with Crippen LogP contribution in [0, 0.1) is 5.92 Å². The molecule has 22 heavy (non-hydrogen) atoms. The highest BCUT2D eigenvalue weighted by molar-refractivity contribution is 5.98. The zero-order valence-electron chi connectivity index (χ0n) is 12.9. The average molecular weight is 302 g/mol. The maximum atomic E-state index is 12.3. The topological polar surface area (TPSA) is 58.6 Å². The van der Waals surface area contributed by atoms with Gasteiger partial charge in [-0.1, -0.05) is 0 Å². The van der Waals surface area contributed by atoms with Crippen LogP contribution in [0.2, 0.25) is 0 Å². The molecule has 0 saturated heterocycles. The van der Waals surface area contributed by atoms with Crippen LogP contribution in [0.3, 0.4) is 0 Å². The van der Waals surface area contributed by atoms with Crippen molar-refractivity contribution in [2.75, 3.05) is 30.0 Å². The molecule has 1 aromatic carbocycles. The lowest BCUT2D eigenvalue weighted by Gasteiger charge is -2.30. The lowest BCUT2D eigenvalue weighted by molar-refractivity contribution is -0.121. The number of rotatable bonds is 5. The Labute approximate surface area is 130 Å². The molecule has 0 spiro atoms. The second-order valence-corrected chi connectivity index (χ2v) is 5.90. The number of carbonyl (C=O) groups is 2. The van der Waals surface area contributed by atoms with Crippen LogP contribution in [-0.4, -0.2) is 31.6 Å². The zero-order chi connectivity index (χ0) is 15.5. The van der Waals surface area contributed by atoms with Crippen molar-refractivity contribution in [2.24, 2.45) is 5.92 Å². The average Bonchev–Trinajstić information content (AvgIpc) is 3.36. The van der Waals surface area contributed by atoms with Crippen LogP contribution in [0.4, 0.5) is 11.4 Å². The van der Waals surface area contributed by atoms with Crippen molar-refractivity contribution < 1.29 is 14.3 Å². The maximum Gasteiger partial charge on any atom is 0.250 e. The molecule has 0 unspecified atom stereocenters. The second kappa shape index (κ2) is 6.48. The second-order valence-electron chi connectivity index (χ2n) is 5.90. The summed E-state index contributed by atoms with van der Waals surface area (Å²) in [6.07, 6.45) is 3.97. The van der Waals surface area contributed by atoms with Crippen molar-refractivity contribution >= 4 is 23.2 Å². The summed E-state index contributed by atoms with van der Waals surface area (Å²) in [6, 6.07) is 5.79. The van der Waals surface area contributed by atoms with Crippen molar-refractivity contribution in [3.63, 3.8) is 0 Å². The normalized spacial score (nSPS) is 17.0. The van der Waals surface area contributed by atoms with E-state index in [1.54, 1.807) is 0 Å². The number of benzene rings is 1. The number of nitrogens with one attached hydrogen (secondary N) is 1. The minimum Gasteiger partial charge on any atom is -0.372 e. The molecule has 5 nitrogen and oxygen atoms in total. The molecule has 5 heteroatoms. The third-order valence-corrected chi connectivity index (χ3v) is 4.11. The van der Waals surface area contributed by atoms with E-state index in [1.807, 2.05) is 30.0 Å². The molecule has 0 radical (unpaired) electrons. The van der Waals surface area contributed by atoms with E-state index in [-0.39, 0.29) is 24.3 Å². The minimum atomic E-state index is -0.150. The Balaban J connectivity index is 1.72. The van der Waals surface area contributed by atoms with Gasteiger partial charge in [0.15, 0.2) is 0 Å². The van der Waals surface area contributed by atoms with Crippen LogP contribution in [0.5, 0.6) is 0 Å². The number of nitrogens with zero attached hydrogens (tertiary/aromatic N) is 1. The molecule has 1 heterocycles. The van der Waals surface area contributed by atoms with E-state index < -0.39 is 0 Å². The molecule has 3 rings (SSSR count). The summed E-state index contributed by atoms with van der Waals surface area (Å²) in [4.78, 5) is 26.0. The molecule has 0 aromatic heterocycles. The van der Waals surface area contributed by atoms with Gasteiger partial charge < -0.3 is 15.0 Å². The lowest BCUT2D eigenvalue weighted by Crippen LogP contribution is -2.36. The number of aryl methyl sites for hydroxylation is 1. The van der Waals surface area contributed by atoms with Crippen molar-refractivity contribution in [1.82, 2.24) is 0 Å². The quantitative estimate of drug-likeness (QED) is 0.908. The molecule has 0 bridgehead atoms. The summed E-state index contributed by atoms with van der Waals surface area (Å²) < 4.78 is 5.10. The molecular weight excluding hydrogens is 280 g/mol. The van der Waals surface area contributed by atoms with E-state index in [9.17, 15) is 9.59 Å².